The third-order valence-corrected chi connectivity index (χ3v) is 5.36. The quantitative estimate of drug-likeness (QED) is 0.438. The van der Waals surface area contributed by atoms with Crippen molar-refractivity contribution in [3.8, 4) is 0 Å². The van der Waals surface area contributed by atoms with Gasteiger partial charge < -0.3 is 5.32 Å². The summed E-state index contributed by atoms with van der Waals surface area (Å²) in [5.41, 5.74) is 4.22. The molecule has 2 heteroatoms. The Hall–Kier alpha value is -2.09. The average molecular weight is 394 g/mol. The van der Waals surface area contributed by atoms with Crippen molar-refractivity contribution in [2.75, 3.05) is 6.54 Å². The van der Waals surface area contributed by atoms with Crippen LogP contribution in [0.2, 0.25) is 0 Å². The first-order chi connectivity index (χ1) is 13.2. The lowest BCUT2D eigenvalue weighted by Gasteiger charge is -2.28. The Balaban J connectivity index is 0.00000280. The van der Waals surface area contributed by atoms with Crippen LogP contribution in [0, 0.1) is 5.92 Å². The third-order valence-electron chi connectivity index (χ3n) is 5.36. The van der Waals surface area contributed by atoms with Gasteiger partial charge in [-0.1, -0.05) is 97.9 Å². The fraction of sp³-hybridized carbons (Fsp3) is 0.308. The number of hydrogen-bond acceptors (Lipinski definition) is 1. The molecular formula is C26H32ClN. The standard InChI is InChI=1S/C26H31N.ClH/c1-21(20-22(2)27-19-18-23-12-6-3-7-13-23)26(24-14-8-4-9-15-24)25-16-10-5-11-17-25;/h3-17,21-22,26-27H,18-20H2,1-2H3;1H. The molecule has 0 radical (unpaired) electrons. The normalized spacial score (nSPS) is 13.0. The Morgan fingerprint density at radius 2 is 1.14 bits per heavy atom. The zero-order valence-corrected chi connectivity index (χ0v) is 17.7. The SMILES string of the molecule is CC(CC(C)C(c1ccccc1)c1ccccc1)NCCc1ccccc1.Cl. The van der Waals surface area contributed by atoms with E-state index >= 15 is 0 Å². The molecule has 0 fully saturated rings. The number of halogens is 1. The molecule has 3 aromatic carbocycles. The molecule has 3 aromatic rings. The summed E-state index contributed by atoms with van der Waals surface area (Å²) < 4.78 is 0. The third kappa shape index (κ3) is 6.51. The molecule has 0 aliphatic heterocycles. The van der Waals surface area contributed by atoms with Crippen molar-refractivity contribution in [3.05, 3.63) is 108 Å². The first-order valence-electron chi connectivity index (χ1n) is 10.1. The summed E-state index contributed by atoms with van der Waals surface area (Å²) in [6.07, 6.45) is 2.24. The van der Waals surface area contributed by atoms with Crippen molar-refractivity contribution in [1.29, 1.82) is 0 Å². The largest absolute Gasteiger partial charge is 0.314 e. The Morgan fingerprint density at radius 1 is 0.679 bits per heavy atom. The number of benzene rings is 3. The van der Waals surface area contributed by atoms with Crippen LogP contribution in [0.4, 0.5) is 0 Å². The van der Waals surface area contributed by atoms with Crippen LogP contribution in [0.1, 0.15) is 42.9 Å². The van der Waals surface area contributed by atoms with E-state index in [-0.39, 0.29) is 12.4 Å². The minimum Gasteiger partial charge on any atom is -0.314 e. The molecule has 1 N–H and O–H groups in total. The Morgan fingerprint density at radius 3 is 1.64 bits per heavy atom. The molecule has 0 aliphatic rings. The van der Waals surface area contributed by atoms with Crippen LogP contribution in [0.3, 0.4) is 0 Å². The van der Waals surface area contributed by atoms with Gasteiger partial charge in [0.25, 0.3) is 0 Å². The second-order valence-electron chi connectivity index (χ2n) is 7.60. The molecule has 28 heavy (non-hydrogen) atoms. The van der Waals surface area contributed by atoms with E-state index in [1.165, 1.54) is 16.7 Å². The number of nitrogens with one attached hydrogen (secondary N) is 1. The summed E-state index contributed by atoms with van der Waals surface area (Å²) in [5, 5.41) is 3.72. The van der Waals surface area contributed by atoms with Gasteiger partial charge in [-0.05, 0) is 48.9 Å². The Labute approximate surface area is 176 Å². The zero-order valence-electron chi connectivity index (χ0n) is 16.9. The zero-order chi connectivity index (χ0) is 18.9. The summed E-state index contributed by atoms with van der Waals surface area (Å²) >= 11 is 0. The molecule has 2 unspecified atom stereocenters. The second-order valence-corrected chi connectivity index (χ2v) is 7.60. The van der Waals surface area contributed by atoms with Gasteiger partial charge in [0.15, 0.2) is 0 Å². The fourth-order valence-corrected chi connectivity index (χ4v) is 4.05. The molecule has 0 saturated heterocycles. The average Bonchev–Trinajstić information content (AvgIpc) is 2.70. The summed E-state index contributed by atoms with van der Waals surface area (Å²) in [6, 6.07) is 33.1. The Bertz CT molecular complexity index is 734. The highest BCUT2D eigenvalue weighted by Crippen LogP contribution is 2.34. The lowest BCUT2D eigenvalue weighted by Crippen LogP contribution is -2.31. The first-order valence-corrected chi connectivity index (χ1v) is 10.1. The van der Waals surface area contributed by atoms with Crippen LogP contribution in [-0.4, -0.2) is 12.6 Å². The molecule has 0 spiro atoms. The molecule has 0 aliphatic carbocycles. The van der Waals surface area contributed by atoms with E-state index in [9.17, 15) is 0 Å². The van der Waals surface area contributed by atoms with Crippen LogP contribution in [0.15, 0.2) is 91.0 Å². The Kier molecular flexibility index (Phi) is 9.27. The predicted octanol–water partition coefficient (Wildman–Crippen LogP) is 6.49. The van der Waals surface area contributed by atoms with Gasteiger partial charge in [-0.25, -0.2) is 0 Å². The maximum absolute atomic E-state index is 3.72. The molecule has 1 nitrogen and oxygen atoms in total. The minimum absolute atomic E-state index is 0. The summed E-state index contributed by atoms with van der Waals surface area (Å²) in [5.74, 6) is 1.000. The van der Waals surface area contributed by atoms with Crippen LogP contribution in [0.5, 0.6) is 0 Å². The highest BCUT2D eigenvalue weighted by molar-refractivity contribution is 5.85. The molecule has 0 aromatic heterocycles. The van der Waals surface area contributed by atoms with E-state index in [1.54, 1.807) is 0 Å². The minimum atomic E-state index is 0. The van der Waals surface area contributed by atoms with Crippen molar-refractivity contribution in [2.24, 2.45) is 5.92 Å². The maximum atomic E-state index is 3.72. The van der Waals surface area contributed by atoms with Crippen molar-refractivity contribution >= 4 is 12.4 Å². The molecule has 3 rings (SSSR count). The highest BCUT2D eigenvalue weighted by atomic mass is 35.5. The van der Waals surface area contributed by atoms with E-state index < -0.39 is 0 Å². The van der Waals surface area contributed by atoms with E-state index in [0.29, 0.717) is 17.9 Å². The van der Waals surface area contributed by atoms with Crippen molar-refractivity contribution in [3.63, 3.8) is 0 Å². The van der Waals surface area contributed by atoms with Gasteiger partial charge in [0.05, 0.1) is 0 Å². The predicted molar refractivity (Wildman–Crippen MR) is 123 cm³/mol. The van der Waals surface area contributed by atoms with E-state index in [4.69, 9.17) is 0 Å². The van der Waals surface area contributed by atoms with Gasteiger partial charge >= 0.3 is 0 Å². The first kappa shape index (κ1) is 22.2. The monoisotopic (exact) mass is 393 g/mol. The lowest BCUT2D eigenvalue weighted by molar-refractivity contribution is 0.393. The van der Waals surface area contributed by atoms with Crippen molar-refractivity contribution in [1.82, 2.24) is 5.32 Å². The lowest BCUT2D eigenvalue weighted by atomic mass is 9.79. The maximum Gasteiger partial charge on any atom is 0.0116 e. The van der Waals surface area contributed by atoms with Gasteiger partial charge in [0.1, 0.15) is 0 Å². The van der Waals surface area contributed by atoms with Gasteiger partial charge in [-0.3, -0.25) is 0 Å². The van der Waals surface area contributed by atoms with Gasteiger partial charge in [0.2, 0.25) is 0 Å². The van der Waals surface area contributed by atoms with Crippen molar-refractivity contribution < 1.29 is 0 Å². The molecular weight excluding hydrogens is 362 g/mol. The van der Waals surface area contributed by atoms with Crippen LogP contribution >= 0.6 is 12.4 Å². The molecule has 0 saturated carbocycles. The van der Waals surface area contributed by atoms with Gasteiger partial charge in [0, 0.05) is 12.0 Å². The molecule has 148 valence electrons. The molecule has 2 atom stereocenters. The number of rotatable bonds is 9. The summed E-state index contributed by atoms with van der Waals surface area (Å²) in [6.45, 7) is 5.73. The van der Waals surface area contributed by atoms with Crippen LogP contribution < -0.4 is 5.32 Å². The van der Waals surface area contributed by atoms with Gasteiger partial charge in [-0.2, -0.15) is 0 Å². The summed E-state index contributed by atoms with van der Waals surface area (Å²) in [4.78, 5) is 0. The highest BCUT2D eigenvalue weighted by Gasteiger charge is 2.22. The van der Waals surface area contributed by atoms with Crippen LogP contribution in [0.25, 0.3) is 0 Å². The van der Waals surface area contributed by atoms with E-state index in [0.717, 1.165) is 19.4 Å². The molecule has 0 amide bonds. The molecule has 0 heterocycles. The molecule has 0 bridgehead atoms. The van der Waals surface area contributed by atoms with E-state index in [2.05, 4.69) is 110 Å². The van der Waals surface area contributed by atoms with Crippen LogP contribution in [-0.2, 0) is 6.42 Å². The fourth-order valence-electron chi connectivity index (χ4n) is 4.05. The number of hydrogen-bond donors (Lipinski definition) is 1. The van der Waals surface area contributed by atoms with Gasteiger partial charge in [-0.15, -0.1) is 12.4 Å². The van der Waals surface area contributed by atoms with E-state index in [1.807, 2.05) is 0 Å². The van der Waals surface area contributed by atoms with Crippen molar-refractivity contribution in [2.45, 2.75) is 38.6 Å². The topological polar surface area (TPSA) is 12.0 Å². The summed E-state index contributed by atoms with van der Waals surface area (Å²) in [7, 11) is 0. The second kappa shape index (κ2) is 11.7. The smallest absolute Gasteiger partial charge is 0.0116 e.